The maximum Gasteiger partial charge on any atom is 0.471 e. The minimum Gasteiger partial charge on any atom is -0.329 e. The van der Waals surface area contributed by atoms with Gasteiger partial charge in [0, 0.05) is 18.4 Å². The third-order valence-electron chi connectivity index (χ3n) is 3.20. The molecular weight excluding hydrogens is 318 g/mol. The first-order chi connectivity index (χ1) is 10.1. The Morgan fingerprint density at radius 1 is 1.23 bits per heavy atom. The highest BCUT2D eigenvalue weighted by Crippen LogP contribution is 2.46. The fourth-order valence-corrected chi connectivity index (χ4v) is 2.87. The largest absolute Gasteiger partial charge is 0.471 e. The summed E-state index contributed by atoms with van der Waals surface area (Å²) in [6.07, 6.45) is -4.29. The molecule has 0 radical (unpaired) electrons. The second-order valence-corrected chi connectivity index (χ2v) is 8.39. The van der Waals surface area contributed by atoms with Crippen molar-refractivity contribution in [3.05, 3.63) is 35.7 Å². The Morgan fingerprint density at radius 3 is 2.27 bits per heavy atom. The van der Waals surface area contributed by atoms with E-state index in [9.17, 15) is 17.7 Å². The van der Waals surface area contributed by atoms with E-state index >= 15 is 0 Å². The molecule has 0 bridgehead atoms. The van der Waals surface area contributed by atoms with Gasteiger partial charge in [0.1, 0.15) is 0 Å². The standard InChI is InChI=1S/C13H15F3N3O2P/c1-19(2)22(3,20)8-9-4-6-10(7-5-9)11-17-12(21-18-11)13(14,15)16/h4-7H,8H2,1-3H3. The summed E-state index contributed by atoms with van der Waals surface area (Å²) in [5.41, 5.74) is 1.22. The van der Waals surface area contributed by atoms with Gasteiger partial charge in [0.25, 0.3) is 0 Å². The topological polar surface area (TPSA) is 59.2 Å². The van der Waals surface area contributed by atoms with Gasteiger partial charge >= 0.3 is 12.1 Å². The van der Waals surface area contributed by atoms with E-state index in [0.717, 1.165) is 5.56 Å². The molecule has 0 saturated carbocycles. The van der Waals surface area contributed by atoms with Gasteiger partial charge < -0.3 is 9.09 Å². The van der Waals surface area contributed by atoms with Crippen LogP contribution in [-0.2, 0) is 16.9 Å². The number of nitrogens with zero attached hydrogens (tertiary/aromatic N) is 3. The number of alkyl halides is 3. The van der Waals surface area contributed by atoms with Gasteiger partial charge in [-0.05, 0) is 19.7 Å². The Hall–Kier alpha value is -1.66. The van der Waals surface area contributed by atoms with E-state index in [1.165, 1.54) is 0 Å². The molecule has 1 heterocycles. The summed E-state index contributed by atoms with van der Waals surface area (Å²) in [6, 6.07) is 6.54. The van der Waals surface area contributed by atoms with Gasteiger partial charge in [0.05, 0.1) is 0 Å². The molecule has 22 heavy (non-hydrogen) atoms. The molecule has 2 rings (SSSR count). The maximum atomic E-state index is 12.4. The summed E-state index contributed by atoms with van der Waals surface area (Å²) >= 11 is 0. The zero-order chi connectivity index (χ0) is 16.5. The van der Waals surface area contributed by atoms with E-state index in [4.69, 9.17) is 0 Å². The molecular formula is C13H15F3N3O2P. The molecule has 0 aliphatic rings. The van der Waals surface area contributed by atoms with Crippen molar-refractivity contribution >= 4 is 7.29 Å². The molecule has 2 aromatic rings. The van der Waals surface area contributed by atoms with Crippen LogP contribution in [0.2, 0.25) is 0 Å². The van der Waals surface area contributed by atoms with Crippen molar-refractivity contribution in [2.75, 3.05) is 20.8 Å². The minimum absolute atomic E-state index is 0.133. The summed E-state index contributed by atoms with van der Waals surface area (Å²) in [5.74, 6) is -1.51. The molecule has 1 aromatic heterocycles. The lowest BCUT2D eigenvalue weighted by Crippen LogP contribution is -2.08. The van der Waals surface area contributed by atoms with E-state index in [-0.39, 0.29) is 5.82 Å². The third kappa shape index (κ3) is 3.75. The zero-order valence-corrected chi connectivity index (χ0v) is 13.2. The van der Waals surface area contributed by atoms with Crippen molar-refractivity contribution in [3.8, 4) is 11.4 Å². The van der Waals surface area contributed by atoms with Gasteiger partial charge in [-0.3, -0.25) is 4.67 Å². The molecule has 1 atom stereocenters. The molecule has 0 aliphatic heterocycles. The lowest BCUT2D eigenvalue weighted by molar-refractivity contribution is -0.159. The highest BCUT2D eigenvalue weighted by molar-refractivity contribution is 7.59. The summed E-state index contributed by atoms with van der Waals surface area (Å²) in [7, 11) is 1.03. The molecule has 0 spiro atoms. The first kappa shape index (κ1) is 16.7. The quantitative estimate of drug-likeness (QED) is 0.798. The van der Waals surface area contributed by atoms with Crippen LogP contribution in [0.4, 0.5) is 13.2 Å². The van der Waals surface area contributed by atoms with Gasteiger partial charge in [-0.25, -0.2) is 0 Å². The Bertz CT molecular complexity index is 695. The normalized spacial score (nSPS) is 15.0. The fraction of sp³-hybridized carbons (Fsp3) is 0.385. The molecule has 9 heteroatoms. The summed E-state index contributed by atoms with van der Waals surface area (Å²) in [4.78, 5) is 3.32. The second kappa shape index (κ2) is 5.85. The van der Waals surface area contributed by atoms with Crippen molar-refractivity contribution in [1.29, 1.82) is 0 Å². The van der Waals surface area contributed by atoms with Crippen LogP contribution in [0.15, 0.2) is 28.8 Å². The molecule has 1 unspecified atom stereocenters. The van der Waals surface area contributed by atoms with Crippen LogP contribution in [0.3, 0.4) is 0 Å². The number of halogens is 3. The van der Waals surface area contributed by atoms with Crippen molar-refractivity contribution in [2.24, 2.45) is 0 Å². The van der Waals surface area contributed by atoms with Gasteiger partial charge in [-0.1, -0.05) is 29.4 Å². The Balaban J connectivity index is 2.19. The first-order valence-corrected chi connectivity index (χ1v) is 8.63. The van der Waals surface area contributed by atoms with Crippen molar-refractivity contribution in [3.63, 3.8) is 0 Å². The average Bonchev–Trinajstić information content (AvgIpc) is 2.88. The predicted octanol–water partition coefficient (Wildman–Crippen LogP) is 3.72. The molecule has 0 aliphatic carbocycles. The van der Waals surface area contributed by atoms with E-state index in [1.807, 2.05) is 0 Å². The molecule has 5 nitrogen and oxygen atoms in total. The summed E-state index contributed by atoms with van der Waals surface area (Å²) in [5, 5.41) is 3.32. The third-order valence-corrected chi connectivity index (χ3v) is 5.85. The first-order valence-electron chi connectivity index (χ1n) is 6.34. The average molecular weight is 333 g/mol. The van der Waals surface area contributed by atoms with Crippen LogP contribution in [-0.4, -0.2) is 35.6 Å². The number of hydrogen-bond donors (Lipinski definition) is 0. The summed E-state index contributed by atoms with van der Waals surface area (Å²) < 4.78 is 55.4. The Kier molecular flexibility index (Phi) is 4.44. The minimum atomic E-state index is -4.66. The fourth-order valence-electron chi connectivity index (χ4n) is 1.70. The monoisotopic (exact) mass is 333 g/mol. The van der Waals surface area contributed by atoms with E-state index in [1.54, 1.807) is 49.7 Å². The van der Waals surface area contributed by atoms with Crippen molar-refractivity contribution < 1.29 is 22.3 Å². The van der Waals surface area contributed by atoms with Gasteiger partial charge in [-0.15, -0.1) is 0 Å². The van der Waals surface area contributed by atoms with Gasteiger partial charge in [0.15, 0.2) is 7.29 Å². The van der Waals surface area contributed by atoms with Gasteiger partial charge in [-0.2, -0.15) is 18.2 Å². The van der Waals surface area contributed by atoms with Crippen LogP contribution in [0, 0.1) is 0 Å². The lowest BCUT2D eigenvalue weighted by Gasteiger charge is -2.20. The molecule has 0 saturated heterocycles. The number of hydrogen-bond acceptors (Lipinski definition) is 4. The Morgan fingerprint density at radius 2 is 1.82 bits per heavy atom. The second-order valence-electron chi connectivity index (χ2n) is 5.17. The van der Waals surface area contributed by atoms with Crippen molar-refractivity contribution in [2.45, 2.75) is 12.3 Å². The highest BCUT2D eigenvalue weighted by atomic mass is 31.2. The predicted molar refractivity (Wildman–Crippen MR) is 75.7 cm³/mol. The molecule has 0 N–H and O–H groups in total. The molecule has 1 aromatic carbocycles. The maximum absolute atomic E-state index is 12.4. The van der Waals surface area contributed by atoms with E-state index < -0.39 is 19.4 Å². The lowest BCUT2D eigenvalue weighted by atomic mass is 10.1. The number of benzene rings is 1. The highest BCUT2D eigenvalue weighted by Gasteiger charge is 2.38. The van der Waals surface area contributed by atoms with Crippen molar-refractivity contribution in [1.82, 2.24) is 14.8 Å². The van der Waals surface area contributed by atoms with Crippen LogP contribution in [0.5, 0.6) is 0 Å². The van der Waals surface area contributed by atoms with E-state index in [0.29, 0.717) is 11.7 Å². The smallest absolute Gasteiger partial charge is 0.329 e. The summed E-state index contributed by atoms with van der Waals surface area (Å²) in [6.45, 7) is 1.68. The number of rotatable bonds is 4. The van der Waals surface area contributed by atoms with E-state index in [2.05, 4.69) is 14.7 Å². The molecule has 0 fully saturated rings. The SMILES string of the molecule is CN(C)P(C)(=O)Cc1ccc(-c2noc(C(F)(F)F)n2)cc1. The molecule has 0 amide bonds. The van der Waals surface area contributed by atoms with Crippen LogP contribution in [0.25, 0.3) is 11.4 Å². The Labute approximate surface area is 125 Å². The molecule has 120 valence electrons. The number of aromatic nitrogens is 2. The van der Waals surface area contributed by atoms with Crippen LogP contribution < -0.4 is 0 Å². The van der Waals surface area contributed by atoms with Crippen LogP contribution in [0.1, 0.15) is 11.5 Å². The zero-order valence-electron chi connectivity index (χ0n) is 12.3. The van der Waals surface area contributed by atoms with Crippen LogP contribution >= 0.6 is 7.29 Å². The van der Waals surface area contributed by atoms with Gasteiger partial charge in [0.2, 0.25) is 5.82 Å².